The highest BCUT2D eigenvalue weighted by Crippen LogP contribution is 2.24. The van der Waals surface area contributed by atoms with E-state index in [-0.39, 0.29) is 24.0 Å². The third kappa shape index (κ3) is 6.11. The van der Waals surface area contributed by atoms with Gasteiger partial charge in [0.2, 0.25) is 0 Å². The molecule has 1 saturated heterocycles. The third-order valence-electron chi connectivity index (χ3n) is 5.21. The van der Waals surface area contributed by atoms with Crippen molar-refractivity contribution in [2.75, 3.05) is 45.2 Å². The van der Waals surface area contributed by atoms with Crippen molar-refractivity contribution in [3.05, 3.63) is 29.3 Å². The number of fused-ring (bicyclic) bond motifs is 1. The van der Waals surface area contributed by atoms with Gasteiger partial charge in [-0.1, -0.05) is 6.07 Å². The standard InChI is InChI=1S/C19H30N4O.HI/c1-24-12-11-23-9-7-15(8-10-23)14-21-19(20)22-18-6-5-16-3-2-4-17(16)13-18;/h5-6,13,15H,2-4,7-12,14H2,1H3,(H3,20,21,22);1H. The minimum Gasteiger partial charge on any atom is -0.383 e. The number of benzene rings is 1. The molecule has 1 aliphatic heterocycles. The van der Waals surface area contributed by atoms with Crippen molar-refractivity contribution in [3.63, 3.8) is 0 Å². The predicted molar refractivity (Wildman–Crippen MR) is 115 cm³/mol. The highest BCUT2D eigenvalue weighted by Gasteiger charge is 2.18. The SMILES string of the molecule is COCCN1CCC(CN=C(N)Nc2ccc3c(c2)CCC3)CC1.I. The van der Waals surface area contributed by atoms with Gasteiger partial charge in [0.25, 0.3) is 0 Å². The molecule has 5 nitrogen and oxygen atoms in total. The molecular formula is C19H31IN4O. The summed E-state index contributed by atoms with van der Waals surface area (Å²) in [7, 11) is 1.76. The largest absolute Gasteiger partial charge is 0.383 e. The Bertz CT molecular complexity index is 571. The number of methoxy groups -OCH3 is 1. The fourth-order valence-corrected chi connectivity index (χ4v) is 3.68. The van der Waals surface area contributed by atoms with Gasteiger partial charge in [0.05, 0.1) is 6.61 Å². The number of nitrogens with zero attached hydrogens (tertiary/aromatic N) is 2. The molecule has 0 bridgehead atoms. The third-order valence-corrected chi connectivity index (χ3v) is 5.21. The number of anilines is 1. The van der Waals surface area contributed by atoms with Gasteiger partial charge in [-0.25, -0.2) is 0 Å². The summed E-state index contributed by atoms with van der Waals surface area (Å²) in [6, 6.07) is 6.55. The molecule has 0 radical (unpaired) electrons. The molecular weight excluding hydrogens is 427 g/mol. The summed E-state index contributed by atoms with van der Waals surface area (Å²) in [4.78, 5) is 7.03. The lowest BCUT2D eigenvalue weighted by Crippen LogP contribution is -2.37. The topological polar surface area (TPSA) is 62.9 Å². The Hall–Kier alpha value is -0.860. The number of hydrogen-bond donors (Lipinski definition) is 2. The molecule has 3 rings (SSSR count). The molecule has 3 N–H and O–H groups in total. The van der Waals surface area contributed by atoms with E-state index in [2.05, 4.69) is 33.4 Å². The van der Waals surface area contributed by atoms with Crippen molar-refractivity contribution in [1.82, 2.24) is 4.90 Å². The average molecular weight is 458 g/mol. The van der Waals surface area contributed by atoms with Gasteiger partial charge in [0.1, 0.15) is 0 Å². The number of piperidine rings is 1. The van der Waals surface area contributed by atoms with Crippen LogP contribution in [0.2, 0.25) is 0 Å². The van der Waals surface area contributed by atoms with Crippen LogP contribution in [0.4, 0.5) is 5.69 Å². The second-order valence-corrected chi connectivity index (χ2v) is 6.97. The Morgan fingerprint density at radius 3 is 2.80 bits per heavy atom. The van der Waals surface area contributed by atoms with Gasteiger partial charge in [-0.3, -0.25) is 4.99 Å². The number of aryl methyl sites for hydroxylation is 2. The van der Waals surface area contributed by atoms with Crippen molar-refractivity contribution >= 4 is 35.6 Å². The number of nitrogens with two attached hydrogens (primary N) is 1. The van der Waals surface area contributed by atoms with Crippen LogP contribution in [-0.4, -0.2) is 50.8 Å². The predicted octanol–water partition coefficient (Wildman–Crippen LogP) is 2.88. The number of aliphatic imine (C=N–C) groups is 1. The first-order valence-corrected chi connectivity index (χ1v) is 9.14. The van der Waals surface area contributed by atoms with Crippen molar-refractivity contribution in [1.29, 1.82) is 0 Å². The minimum absolute atomic E-state index is 0. The maximum atomic E-state index is 6.07. The molecule has 1 aromatic rings. The Morgan fingerprint density at radius 2 is 2.04 bits per heavy atom. The number of rotatable bonds is 6. The Morgan fingerprint density at radius 1 is 1.28 bits per heavy atom. The first-order valence-electron chi connectivity index (χ1n) is 9.14. The van der Waals surface area contributed by atoms with Gasteiger partial charge in [-0.2, -0.15) is 0 Å². The minimum atomic E-state index is 0. The summed E-state index contributed by atoms with van der Waals surface area (Å²) in [5, 5.41) is 3.25. The summed E-state index contributed by atoms with van der Waals surface area (Å²) >= 11 is 0. The number of nitrogens with one attached hydrogen (secondary N) is 1. The molecule has 25 heavy (non-hydrogen) atoms. The first kappa shape index (κ1) is 20.5. The van der Waals surface area contributed by atoms with Crippen LogP contribution in [0, 0.1) is 5.92 Å². The molecule has 6 heteroatoms. The van der Waals surface area contributed by atoms with Crippen LogP contribution in [-0.2, 0) is 17.6 Å². The van der Waals surface area contributed by atoms with E-state index in [1.54, 1.807) is 7.11 Å². The van der Waals surface area contributed by atoms with E-state index in [1.807, 2.05) is 0 Å². The van der Waals surface area contributed by atoms with Crippen LogP contribution in [0.15, 0.2) is 23.2 Å². The van der Waals surface area contributed by atoms with Crippen molar-refractivity contribution in [2.45, 2.75) is 32.1 Å². The van der Waals surface area contributed by atoms with Crippen molar-refractivity contribution in [2.24, 2.45) is 16.6 Å². The molecule has 0 unspecified atom stereocenters. The number of halogens is 1. The van der Waals surface area contributed by atoms with E-state index in [4.69, 9.17) is 10.5 Å². The van der Waals surface area contributed by atoms with Gasteiger partial charge in [0.15, 0.2) is 5.96 Å². The monoisotopic (exact) mass is 458 g/mol. The summed E-state index contributed by atoms with van der Waals surface area (Å²) in [6.45, 7) is 4.96. The molecule has 1 fully saturated rings. The van der Waals surface area contributed by atoms with Gasteiger partial charge < -0.3 is 20.7 Å². The summed E-state index contributed by atoms with van der Waals surface area (Å²) in [5.74, 6) is 1.18. The molecule has 2 aliphatic rings. The molecule has 140 valence electrons. The second kappa shape index (κ2) is 10.3. The smallest absolute Gasteiger partial charge is 0.193 e. The molecule has 0 amide bonds. The van der Waals surface area contributed by atoms with Crippen LogP contribution in [0.3, 0.4) is 0 Å². The molecule has 0 saturated carbocycles. The molecule has 0 spiro atoms. The fraction of sp³-hybridized carbons (Fsp3) is 0.632. The van der Waals surface area contributed by atoms with Crippen LogP contribution in [0.1, 0.15) is 30.4 Å². The number of ether oxygens (including phenoxy) is 1. The summed E-state index contributed by atoms with van der Waals surface area (Å²) < 4.78 is 5.15. The molecule has 1 aliphatic carbocycles. The van der Waals surface area contributed by atoms with E-state index in [0.717, 1.165) is 38.5 Å². The zero-order chi connectivity index (χ0) is 16.8. The van der Waals surface area contributed by atoms with Gasteiger partial charge >= 0.3 is 0 Å². The summed E-state index contributed by atoms with van der Waals surface area (Å²) in [5.41, 5.74) is 10.1. The Balaban J connectivity index is 0.00000225. The van der Waals surface area contributed by atoms with Crippen LogP contribution in [0.25, 0.3) is 0 Å². The van der Waals surface area contributed by atoms with Gasteiger partial charge in [-0.05, 0) is 74.4 Å². The number of guanidine groups is 1. The van der Waals surface area contributed by atoms with Crippen LogP contribution >= 0.6 is 24.0 Å². The lowest BCUT2D eigenvalue weighted by atomic mass is 9.97. The average Bonchev–Trinajstić information content (AvgIpc) is 3.07. The summed E-state index contributed by atoms with van der Waals surface area (Å²) in [6.07, 6.45) is 6.05. The highest BCUT2D eigenvalue weighted by molar-refractivity contribution is 14.0. The van der Waals surface area contributed by atoms with E-state index < -0.39 is 0 Å². The molecule has 1 heterocycles. The number of hydrogen-bond acceptors (Lipinski definition) is 3. The zero-order valence-corrected chi connectivity index (χ0v) is 17.5. The zero-order valence-electron chi connectivity index (χ0n) is 15.2. The lowest BCUT2D eigenvalue weighted by molar-refractivity contribution is 0.121. The van der Waals surface area contributed by atoms with Gasteiger partial charge in [-0.15, -0.1) is 24.0 Å². The van der Waals surface area contributed by atoms with E-state index in [9.17, 15) is 0 Å². The fourth-order valence-electron chi connectivity index (χ4n) is 3.68. The highest BCUT2D eigenvalue weighted by atomic mass is 127. The Kier molecular flexibility index (Phi) is 8.45. The molecule has 1 aromatic carbocycles. The maximum absolute atomic E-state index is 6.07. The Labute approximate surface area is 168 Å². The van der Waals surface area contributed by atoms with Crippen molar-refractivity contribution in [3.8, 4) is 0 Å². The second-order valence-electron chi connectivity index (χ2n) is 6.97. The molecule has 0 atom stereocenters. The first-order chi connectivity index (χ1) is 11.7. The van der Waals surface area contributed by atoms with Gasteiger partial charge in [0, 0.05) is 25.9 Å². The van der Waals surface area contributed by atoms with E-state index in [0.29, 0.717) is 11.9 Å². The lowest BCUT2D eigenvalue weighted by Gasteiger charge is -2.30. The number of likely N-dealkylation sites (tertiary alicyclic amines) is 1. The van der Waals surface area contributed by atoms with Crippen LogP contribution in [0.5, 0.6) is 0 Å². The normalized spacial score (nSPS) is 18.7. The molecule has 0 aromatic heterocycles. The quantitative estimate of drug-likeness (QED) is 0.391. The van der Waals surface area contributed by atoms with E-state index >= 15 is 0 Å². The maximum Gasteiger partial charge on any atom is 0.193 e. The van der Waals surface area contributed by atoms with Crippen LogP contribution < -0.4 is 11.1 Å². The van der Waals surface area contributed by atoms with Crippen molar-refractivity contribution < 1.29 is 4.74 Å². The van der Waals surface area contributed by atoms with E-state index in [1.165, 1.54) is 43.2 Å².